The number of rotatable bonds is 9. The van der Waals surface area contributed by atoms with Gasteiger partial charge in [-0.05, 0) is 60.8 Å². The predicted molar refractivity (Wildman–Crippen MR) is 109 cm³/mol. The predicted octanol–water partition coefficient (Wildman–Crippen LogP) is 6.03. The average Bonchev–Trinajstić information content (AvgIpc) is 2.77. The van der Waals surface area contributed by atoms with E-state index >= 15 is 0 Å². The van der Waals surface area contributed by atoms with Crippen LogP contribution in [-0.2, 0) is 11.3 Å². The van der Waals surface area contributed by atoms with E-state index in [0.29, 0.717) is 18.4 Å². The first kappa shape index (κ1) is 21.3. The summed E-state index contributed by atoms with van der Waals surface area (Å²) in [5, 5.41) is 0. The third-order valence-electron chi connectivity index (χ3n) is 5.51. The molecule has 0 radical (unpaired) electrons. The van der Waals surface area contributed by atoms with Crippen molar-refractivity contribution in [2.24, 2.45) is 5.92 Å². The molecular weight excluding hydrogens is 374 g/mol. The molecule has 0 heterocycles. The number of halogens is 2. The van der Waals surface area contributed by atoms with Crippen molar-refractivity contribution >= 4 is 0 Å². The minimum Gasteiger partial charge on any atom is -0.488 e. The lowest BCUT2D eigenvalue weighted by Crippen LogP contribution is -2.11. The van der Waals surface area contributed by atoms with Gasteiger partial charge in [-0.3, -0.25) is 0 Å². The fraction of sp³-hybridized carbons (Fsp3) is 0.417. The zero-order valence-corrected chi connectivity index (χ0v) is 16.8. The molecule has 29 heavy (non-hydrogen) atoms. The molecule has 1 saturated carbocycles. The molecule has 2 aromatic carbocycles. The largest absolute Gasteiger partial charge is 0.488 e. The maximum absolute atomic E-state index is 14.2. The summed E-state index contributed by atoms with van der Waals surface area (Å²) in [6, 6.07) is 11.0. The summed E-state index contributed by atoms with van der Waals surface area (Å²) < 4.78 is 43.8. The zero-order valence-electron chi connectivity index (χ0n) is 16.8. The van der Waals surface area contributed by atoms with Gasteiger partial charge in [0.05, 0.1) is 6.61 Å². The van der Waals surface area contributed by atoms with Gasteiger partial charge in [-0.25, -0.2) is 0 Å². The first-order valence-electron chi connectivity index (χ1n) is 10.1. The molecule has 2 aromatic rings. The van der Waals surface area contributed by atoms with Crippen molar-refractivity contribution in [2.45, 2.75) is 38.2 Å². The van der Waals surface area contributed by atoms with Crippen LogP contribution in [0.5, 0.6) is 11.5 Å². The van der Waals surface area contributed by atoms with E-state index in [9.17, 15) is 8.78 Å². The van der Waals surface area contributed by atoms with E-state index < -0.39 is 11.6 Å². The quantitative estimate of drug-likeness (QED) is 0.379. The molecule has 0 amide bonds. The number of methoxy groups -OCH3 is 1. The second-order valence-corrected chi connectivity index (χ2v) is 7.41. The number of hydrogen-bond donors (Lipinski definition) is 0. The van der Waals surface area contributed by atoms with Gasteiger partial charge in [0.2, 0.25) is 11.6 Å². The van der Waals surface area contributed by atoms with Crippen molar-refractivity contribution in [3.63, 3.8) is 0 Å². The first-order valence-corrected chi connectivity index (χ1v) is 10.1. The third-order valence-corrected chi connectivity index (χ3v) is 5.51. The average molecular weight is 402 g/mol. The highest BCUT2D eigenvalue weighted by atomic mass is 19.2. The van der Waals surface area contributed by atoms with Crippen LogP contribution in [0.2, 0.25) is 0 Å². The zero-order chi connectivity index (χ0) is 20.6. The van der Waals surface area contributed by atoms with Gasteiger partial charge in [0.25, 0.3) is 0 Å². The fourth-order valence-corrected chi connectivity index (χ4v) is 3.71. The van der Waals surface area contributed by atoms with Gasteiger partial charge < -0.3 is 14.2 Å². The monoisotopic (exact) mass is 402 g/mol. The molecule has 0 aliphatic heterocycles. The van der Waals surface area contributed by atoms with E-state index in [4.69, 9.17) is 14.2 Å². The third kappa shape index (κ3) is 5.57. The van der Waals surface area contributed by atoms with Crippen LogP contribution in [0.4, 0.5) is 8.78 Å². The SMILES string of the molecule is C=CC1CCC(c2ccc(COc3ccc(OCCOC)c(F)c3F)cc2)CC1. The second kappa shape index (κ2) is 10.4. The minimum atomic E-state index is -1.05. The van der Waals surface area contributed by atoms with Gasteiger partial charge in [-0.2, -0.15) is 8.78 Å². The topological polar surface area (TPSA) is 27.7 Å². The molecule has 0 N–H and O–H groups in total. The van der Waals surface area contributed by atoms with Crippen LogP contribution in [0, 0.1) is 17.6 Å². The Balaban J connectivity index is 1.56. The van der Waals surface area contributed by atoms with Gasteiger partial charge in [0.1, 0.15) is 13.2 Å². The van der Waals surface area contributed by atoms with Crippen LogP contribution >= 0.6 is 0 Å². The lowest BCUT2D eigenvalue weighted by atomic mass is 9.79. The van der Waals surface area contributed by atoms with E-state index in [2.05, 4.69) is 24.8 Å². The smallest absolute Gasteiger partial charge is 0.204 e. The van der Waals surface area contributed by atoms with E-state index in [0.717, 1.165) is 5.56 Å². The van der Waals surface area contributed by atoms with Crippen LogP contribution in [0.25, 0.3) is 0 Å². The van der Waals surface area contributed by atoms with Crippen molar-refractivity contribution in [3.05, 3.63) is 71.8 Å². The van der Waals surface area contributed by atoms with Gasteiger partial charge in [-0.15, -0.1) is 6.58 Å². The molecule has 3 rings (SSSR count). The van der Waals surface area contributed by atoms with E-state index in [1.54, 1.807) is 0 Å². The Bertz CT molecular complexity index is 797. The van der Waals surface area contributed by atoms with Crippen molar-refractivity contribution in [3.8, 4) is 11.5 Å². The minimum absolute atomic E-state index is 0.131. The maximum atomic E-state index is 14.2. The molecule has 0 aromatic heterocycles. The van der Waals surface area contributed by atoms with Crippen LogP contribution in [0.1, 0.15) is 42.7 Å². The molecule has 0 atom stereocenters. The molecule has 1 aliphatic carbocycles. The summed E-state index contributed by atoms with van der Waals surface area (Å²) in [5.41, 5.74) is 2.24. The van der Waals surface area contributed by atoms with E-state index in [1.165, 1.54) is 50.5 Å². The van der Waals surface area contributed by atoms with Gasteiger partial charge in [0, 0.05) is 7.11 Å². The van der Waals surface area contributed by atoms with E-state index in [1.807, 2.05) is 12.1 Å². The van der Waals surface area contributed by atoms with Crippen molar-refractivity contribution in [1.82, 2.24) is 0 Å². The Morgan fingerprint density at radius 3 is 2.10 bits per heavy atom. The van der Waals surface area contributed by atoms with Crippen LogP contribution < -0.4 is 9.47 Å². The Morgan fingerprint density at radius 1 is 0.897 bits per heavy atom. The van der Waals surface area contributed by atoms with Crippen molar-refractivity contribution < 1.29 is 23.0 Å². The molecule has 1 fully saturated rings. The summed E-state index contributed by atoms with van der Waals surface area (Å²) in [4.78, 5) is 0. The lowest BCUT2D eigenvalue weighted by molar-refractivity contribution is 0.143. The maximum Gasteiger partial charge on any atom is 0.204 e. The number of benzene rings is 2. The summed E-state index contributed by atoms with van der Waals surface area (Å²) >= 11 is 0. The molecule has 0 saturated heterocycles. The summed E-state index contributed by atoms with van der Waals surface area (Å²) in [6.45, 7) is 4.51. The number of ether oxygens (including phenoxy) is 3. The molecule has 0 unspecified atom stereocenters. The Kier molecular flexibility index (Phi) is 7.64. The number of hydrogen-bond acceptors (Lipinski definition) is 3. The summed E-state index contributed by atoms with van der Waals surface area (Å²) in [5.74, 6) is -1.15. The Morgan fingerprint density at radius 2 is 1.52 bits per heavy atom. The molecule has 1 aliphatic rings. The summed E-state index contributed by atoms with van der Waals surface area (Å²) in [6.07, 6.45) is 6.80. The molecular formula is C24H28F2O3. The first-order chi connectivity index (χ1) is 14.1. The molecule has 3 nitrogen and oxygen atoms in total. The van der Waals surface area contributed by atoms with Crippen LogP contribution in [0.15, 0.2) is 49.1 Å². The fourth-order valence-electron chi connectivity index (χ4n) is 3.71. The molecule has 0 bridgehead atoms. The Hall–Kier alpha value is -2.40. The van der Waals surface area contributed by atoms with Crippen molar-refractivity contribution in [2.75, 3.05) is 20.3 Å². The van der Waals surface area contributed by atoms with Crippen LogP contribution in [-0.4, -0.2) is 20.3 Å². The highest BCUT2D eigenvalue weighted by Gasteiger charge is 2.20. The van der Waals surface area contributed by atoms with Crippen LogP contribution in [0.3, 0.4) is 0 Å². The molecule has 0 spiro atoms. The highest BCUT2D eigenvalue weighted by Crippen LogP contribution is 2.36. The molecule has 156 valence electrons. The second-order valence-electron chi connectivity index (χ2n) is 7.41. The van der Waals surface area contributed by atoms with Crippen molar-refractivity contribution in [1.29, 1.82) is 0 Å². The number of allylic oxidation sites excluding steroid dienone is 1. The van der Waals surface area contributed by atoms with Gasteiger partial charge in [0.15, 0.2) is 11.5 Å². The Labute approximate surface area is 171 Å². The lowest BCUT2D eigenvalue weighted by Gasteiger charge is -2.27. The summed E-state index contributed by atoms with van der Waals surface area (Å²) in [7, 11) is 1.51. The molecule has 5 heteroatoms. The van der Waals surface area contributed by atoms with Gasteiger partial charge in [-0.1, -0.05) is 30.3 Å². The highest BCUT2D eigenvalue weighted by molar-refractivity contribution is 5.35. The normalized spacial score (nSPS) is 19.0. The van der Waals surface area contributed by atoms with Gasteiger partial charge >= 0.3 is 0 Å². The standard InChI is InChI=1S/C24H28F2O3/c1-3-17-4-8-19(9-5-17)20-10-6-18(7-11-20)16-29-22-13-12-21(23(25)24(22)26)28-15-14-27-2/h3,6-7,10-13,17,19H,1,4-5,8-9,14-16H2,2H3. The van der Waals surface area contributed by atoms with E-state index in [-0.39, 0.29) is 24.7 Å².